The van der Waals surface area contributed by atoms with Crippen molar-refractivity contribution >= 4 is 11.7 Å². The number of anilines is 1. The zero-order chi connectivity index (χ0) is 19.3. The minimum absolute atomic E-state index is 0.176. The van der Waals surface area contributed by atoms with Crippen LogP contribution in [0.4, 0.5) is 10.5 Å². The third-order valence-corrected chi connectivity index (χ3v) is 4.66. The minimum Gasteiger partial charge on any atom is -0.486 e. The van der Waals surface area contributed by atoms with E-state index < -0.39 is 0 Å². The van der Waals surface area contributed by atoms with Gasteiger partial charge >= 0.3 is 6.03 Å². The van der Waals surface area contributed by atoms with Gasteiger partial charge in [-0.1, -0.05) is 5.16 Å². The standard InChI is InChI=1S/C20H22N4O4/c1-14-21-19(28-23-14)18-6-2-3-11-24(18)20(25)22-15-7-9-16(10-8-15)27-13-17-5-4-12-26-17/h4-5,7-10,12,18H,2-3,6,11,13H2,1H3,(H,22,25). The summed E-state index contributed by atoms with van der Waals surface area (Å²) in [5.41, 5.74) is 0.696. The van der Waals surface area contributed by atoms with E-state index in [1.807, 2.05) is 36.4 Å². The topological polar surface area (TPSA) is 93.6 Å². The number of rotatable bonds is 5. The summed E-state index contributed by atoms with van der Waals surface area (Å²) >= 11 is 0. The number of carbonyl (C=O) groups is 1. The van der Waals surface area contributed by atoms with Gasteiger partial charge in [0.25, 0.3) is 0 Å². The number of ether oxygens (including phenoxy) is 1. The Balaban J connectivity index is 1.38. The SMILES string of the molecule is Cc1noc(C2CCCCN2C(=O)Nc2ccc(OCc3ccco3)cc2)n1. The van der Waals surface area contributed by atoms with Crippen molar-refractivity contribution < 1.29 is 18.5 Å². The summed E-state index contributed by atoms with van der Waals surface area (Å²) in [5, 5.41) is 6.79. The molecule has 1 aliphatic heterocycles. The van der Waals surface area contributed by atoms with Crippen LogP contribution < -0.4 is 10.1 Å². The Bertz CT molecular complexity index is 905. The summed E-state index contributed by atoms with van der Waals surface area (Å²) in [5.74, 6) is 2.52. The number of benzene rings is 1. The molecule has 2 aromatic heterocycles. The van der Waals surface area contributed by atoms with Crippen molar-refractivity contribution in [2.45, 2.75) is 38.8 Å². The lowest BCUT2D eigenvalue weighted by Gasteiger charge is -2.33. The van der Waals surface area contributed by atoms with Gasteiger partial charge in [0, 0.05) is 12.2 Å². The van der Waals surface area contributed by atoms with Gasteiger partial charge < -0.3 is 23.9 Å². The first-order valence-electron chi connectivity index (χ1n) is 9.32. The van der Waals surface area contributed by atoms with Crippen LogP contribution in [0.3, 0.4) is 0 Å². The molecule has 1 aromatic carbocycles. The molecule has 1 atom stereocenters. The number of urea groups is 1. The molecule has 1 N–H and O–H groups in total. The number of furan rings is 1. The second-order valence-electron chi connectivity index (χ2n) is 6.71. The fourth-order valence-corrected chi connectivity index (χ4v) is 3.26. The lowest BCUT2D eigenvalue weighted by molar-refractivity contribution is 0.142. The monoisotopic (exact) mass is 382 g/mol. The Morgan fingerprint density at radius 1 is 1.29 bits per heavy atom. The van der Waals surface area contributed by atoms with Crippen LogP contribution in [-0.2, 0) is 6.61 Å². The molecule has 28 heavy (non-hydrogen) atoms. The molecule has 2 amide bonds. The zero-order valence-corrected chi connectivity index (χ0v) is 15.6. The Hall–Kier alpha value is -3.29. The highest BCUT2D eigenvalue weighted by atomic mass is 16.5. The highest BCUT2D eigenvalue weighted by Gasteiger charge is 2.32. The van der Waals surface area contributed by atoms with Gasteiger partial charge in [0.2, 0.25) is 5.89 Å². The number of piperidine rings is 1. The zero-order valence-electron chi connectivity index (χ0n) is 15.6. The van der Waals surface area contributed by atoms with Crippen molar-refractivity contribution in [3.8, 4) is 5.75 Å². The molecule has 3 aromatic rings. The van der Waals surface area contributed by atoms with Crippen molar-refractivity contribution in [2.24, 2.45) is 0 Å². The molecule has 0 aliphatic carbocycles. The maximum Gasteiger partial charge on any atom is 0.322 e. The fraction of sp³-hybridized carbons (Fsp3) is 0.350. The van der Waals surface area contributed by atoms with Gasteiger partial charge in [-0.05, 0) is 62.6 Å². The summed E-state index contributed by atoms with van der Waals surface area (Å²) in [6.07, 6.45) is 4.41. The van der Waals surface area contributed by atoms with E-state index in [0.29, 0.717) is 36.3 Å². The Morgan fingerprint density at radius 3 is 2.86 bits per heavy atom. The average molecular weight is 382 g/mol. The molecule has 1 unspecified atom stereocenters. The quantitative estimate of drug-likeness (QED) is 0.707. The summed E-state index contributed by atoms with van der Waals surface area (Å²) in [4.78, 5) is 18.9. The molecule has 146 valence electrons. The van der Waals surface area contributed by atoms with E-state index in [9.17, 15) is 4.79 Å². The van der Waals surface area contributed by atoms with E-state index in [2.05, 4.69) is 15.5 Å². The first-order valence-corrected chi connectivity index (χ1v) is 9.32. The van der Waals surface area contributed by atoms with Crippen LogP contribution >= 0.6 is 0 Å². The molecule has 1 fully saturated rings. The maximum atomic E-state index is 12.8. The fourth-order valence-electron chi connectivity index (χ4n) is 3.26. The van der Waals surface area contributed by atoms with Gasteiger partial charge in [0.1, 0.15) is 24.2 Å². The molecule has 0 spiro atoms. The number of likely N-dealkylation sites (tertiary alicyclic amines) is 1. The molecule has 4 rings (SSSR count). The van der Waals surface area contributed by atoms with Gasteiger partial charge in [-0.2, -0.15) is 4.98 Å². The largest absolute Gasteiger partial charge is 0.486 e. The van der Waals surface area contributed by atoms with Crippen LogP contribution in [0.25, 0.3) is 0 Å². The number of carbonyl (C=O) groups excluding carboxylic acids is 1. The molecule has 3 heterocycles. The molecule has 1 saturated heterocycles. The first-order chi connectivity index (χ1) is 13.7. The van der Waals surface area contributed by atoms with Gasteiger partial charge in [-0.15, -0.1) is 0 Å². The van der Waals surface area contributed by atoms with Crippen molar-refractivity contribution in [2.75, 3.05) is 11.9 Å². The Kier molecular flexibility index (Phi) is 5.27. The highest BCUT2D eigenvalue weighted by molar-refractivity contribution is 5.89. The molecule has 0 radical (unpaired) electrons. The van der Waals surface area contributed by atoms with E-state index in [1.54, 1.807) is 18.1 Å². The summed E-state index contributed by atoms with van der Waals surface area (Å²) in [6.45, 7) is 2.79. The lowest BCUT2D eigenvalue weighted by Crippen LogP contribution is -2.41. The predicted molar refractivity (Wildman–Crippen MR) is 101 cm³/mol. The normalized spacial score (nSPS) is 16.8. The predicted octanol–water partition coefficient (Wildman–Crippen LogP) is 4.31. The van der Waals surface area contributed by atoms with E-state index in [4.69, 9.17) is 13.7 Å². The smallest absolute Gasteiger partial charge is 0.322 e. The van der Waals surface area contributed by atoms with E-state index in [1.165, 1.54) is 0 Å². The molecule has 0 saturated carbocycles. The van der Waals surface area contributed by atoms with Crippen LogP contribution in [0.2, 0.25) is 0 Å². The van der Waals surface area contributed by atoms with E-state index >= 15 is 0 Å². The summed E-state index contributed by atoms with van der Waals surface area (Å²) in [6, 6.07) is 10.6. The Morgan fingerprint density at radius 2 is 2.14 bits per heavy atom. The van der Waals surface area contributed by atoms with Crippen LogP contribution in [-0.4, -0.2) is 27.6 Å². The number of nitrogens with one attached hydrogen (secondary N) is 1. The highest BCUT2D eigenvalue weighted by Crippen LogP contribution is 2.30. The molecule has 0 bridgehead atoms. The van der Waals surface area contributed by atoms with Gasteiger partial charge in [-0.3, -0.25) is 0 Å². The third-order valence-electron chi connectivity index (χ3n) is 4.66. The summed E-state index contributed by atoms with van der Waals surface area (Å²) in [7, 11) is 0. The average Bonchev–Trinajstić information content (AvgIpc) is 3.39. The van der Waals surface area contributed by atoms with Crippen molar-refractivity contribution in [3.05, 3.63) is 60.1 Å². The van der Waals surface area contributed by atoms with Crippen LogP contribution in [0.5, 0.6) is 5.75 Å². The first kappa shape index (κ1) is 18.1. The second-order valence-corrected chi connectivity index (χ2v) is 6.71. The van der Waals surface area contributed by atoms with Crippen LogP contribution in [0.15, 0.2) is 51.6 Å². The number of hydrogen-bond donors (Lipinski definition) is 1. The molecular formula is C20H22N4O4. The third kappa shape index (κ3) is 4.16. The molecule has 1 aliphatic rings. The van der Waals surface area contributed by atoms with Gasteiger partial charge in [0.05, 0.1) is 6.26 Å². The van der Waals surface area contributed by atoms with Gasteiger partial charge in [-0.25, -0.2) is 4.79 Å². The van der Waals surface area contributed by atoms with Crippen molar-refractivity contribution in [1.29, 1.82) is 0 Å². The number of hydrogen-bond acceptors (Lipinski definition) is 6. The molecular weight excluding hydrogens is 360 g/mol. The minimum atomic E-state index is -0.189. The number of aromatic nitrogens is 2. The van der Waals surface area contributed by atoms with Gasteiger partial charge in [0.15, 0.2) is 5.82 Å². The maximum absolute atomic E-state index is 12.8. The van der Waals surface area contributed by atoms with E-state index in [0.717, 1.165) is 25.0 Å². The number of nitrogens with zero attached hydrogens (tertiary/aromatic N) is 3. The lowest BCUT2D eigenvalue weighted by atomic mass is 10.0. The number of aryl methyl sites for hydroxylation is 1. The van der Waals surface area contributed by atoms with Crippen molar-refractivity contribution in [3.63, 3.8) is 0 Å². The molecule has 8 heteroatoms. The van der Waals surface area contributed by atoms with Crippen LogP contribution in [0.1, 0.15) is 42.8 Å². The second kappa shape index (κ2) is 8.16. The van der Waals surface area contributed by atoms with E-state index in [-0.39, 0.29) is 12.1 Å². The van der Waals surface area contributed by atoms with Crippen molar-refractivity contribution in [1.82, 2.24) is 15.0 Å². The Labute approximate surface area is 162 Å². The van der Waals surface area contributed by atoms with Crippen LogP contribution in [0, 0.1) is 6.92 Å². The molecule has 8 nitrogen and oxygen atoms in total. The number of amides is 2. The summed E-state index contributed by atoms with van der Waals surface area (Å²) < 4.78 is 16.2.